The fourth-order valence-corrected chi connectivity index (χ4v) is 2.47. The van der Waals surface area contributed by atoms with Gasteiger partial charge in [0.15, 0.2) is 5.82 Å². The quantitative estimate of drug-likeness (QED) is 0.788. The van der Waals surface area contributed by atoms with E-state index in [9.17, 15) is 0 Å². The second kappa shape index (κ2) is 4.84. The largest absolute Gasteiger partial charge is 0.305 e. The topological polar surface area (TPSA) is 30.7 Å². The molecule has 0 N–H and O–H groups in total. The molecule has 0 unspecified atom stereocenters. The summed E-state index contributed by atoms with van der Waals surface area (Å²) in [6.07, 6.45) is 0. The van der Waals surface area contributed by atoms with Gasteiger partial charge in [-0.1, -0.05) is 40.2 Å². The Morgan fingerprint density at radius 2 is 1.83 bits per heavy atom. The van der Waals surface area contributed by atoms with Crippen LogP contribution in [0.15, 0.2) is 24.3 Å². The lowest BCUT2D eigenvalue weighted by atomic mass is 10.0. The van der Waals surface area contributed by atoms with Crippen LogP contribution in [0.25, 0.3) is 11.4 Å². The molecule has 3 nitrogen and oxygen atoms in total. The molecule has 0 amide bonds. The van der Waals surface area contributed by atoms with Crippen molar-refractivity contribution in [2.24, 2.45) is 0 Å². The van der Waals surface area contributed by atoms with Crippen LogP contribution in [-0.4, -0.2) is 14.8 Å². The number of halogens is 1. The molecule has 0 saturated heterocycles. The number of hydrogen-bond donors (Lipinski definition) is 0. The van der Waals surface area contributed by atoms with E-state index in [1.165, 1.54) is 5.56 Å². The molecule has 0 saturated carbocycles. The van der Waals surface area contributed by atoms with Crippen LogP contribution in [0.2, 0.25) is 0 Å². The SMILES string of the molecule is Cc1ccccc1-c1nnc(CBr)n1C(C)(C)C. The molecular formula is C14H18BrN3. The molecule has 0 fully saturated rings. The highest BCUT2D eigenvalue weighted by atomic mass is 79.9. The molecule has 2 rings (SSSR count). The van der Waals surface area contributed by atoms with E-state index in [0.717, 1.165) is 17.2 Å². The van der Waals surface area contributed by atoms with Crippen LogP contribution >= 0.6 is 15.9 Å². The number of aryl methyl sites for hydroxylation is 1. The Kier molecular flexibility index (Phi) is 3.57. The zero-order valence-electron chi connectivity index (χ0n) is 11.2. The Bertz CT molecular complexity index is 552. The molecule has 1 aromatic carbocycles. The summed E-state index contributed by atoms with van der Waals surface area (Å²) in [4.78, 5) is 0. The lowest BCUT2D eigenvalue weighted by molar-refractivity contribution is 0.391. The molecule has 2 aromatic rings. The minimum Gasteiger partial charge on any atom is -0.305 e. The highest BCUT2D eigenvalue weighted by Crippen LogP contribution is 2.28. The van der Waals surface area contributed by atoms with E-state index in [4.69, 9.17) is 0 Å². The van der Waals surface area contributed by atoms with Crippen molar-refractivity contribution in [2.75, 3.05) is 0 Å². The smallest absolute Gasteiger partial charge is 0.164 e. The van der Waals surface area contributed by atoms with Gasteiger partial charge >= 0.3 is 0 Å². The van der Waals surface area contributed by atoms with Crippen LogP contribution in [0.1, 0.15) is 32.2 Å². The summed E-state index contributed by atoms with van der Waals surface area (Å²) in [5.41, 5.74) is 2.33. The molecule has 0 aliphatic heterocycles. The lowest BCUT2D eigenvalue weighted by Gasteiger charge is -2.25. The normalized spacial score (nSPS) is 11.8. The predicted octanol–water partition coefficient (Wildman–Crippen LogP) is 3.90. The first-order chi connectivity index (χ1) is 8.45. The maximum absolute atomic E-state index is 4.37. The van der Waals surface area contributed by atoms with Gasteiger partial charge in [0.2, 0.25) is 0 Å². The number of alkyl halides is 1. The Labute approximate surface area is 116 Å². The van der Waals surface area contributed by atoms with Gasteiger partial charge < -0.3 is 4.57 Å². The van der Waals surface area contributed by atoms with Crippen LogP contribution in [0.4, 0.5) is 0 Å². The Morgan fingerprint density at radius 3 is 2.39 bits per heavy atom. The molecule has 96 valence electrons. The van der Waals surface area contributed by atoms with Gasteiger partial charge in [-0.25, -0.2) is 0 Å². The van der Waals surface area contributed by atoms with E-state index in [-0.39, 0.29) is 5.54 Å². The Hall–Kier alpha value is -1.16. The van der Waals surface area contributed by atoms with Crippen LogP contribution in [-0.2, 0) is 10.9 Å². The van der Waals surface area contributed by atoms with Gasteiger partial charge in [-0.15, -0.1) is 10.2 Å². The van der Waals surface area contributed by atoms with Gasteiger partial charge in [-0.2, -0.15) is 0 Å². The first-order valence-corrected chi connectivity index (χ1v) is 7.14. The Morgan fingerprint density at radius 1 is 1.17 bits per heavy atom. The van der Waals surface area contributed by atoms with E-state index in [1.54, 1.807) is 0 Å². The van der Waals surface area contributed by atoms with E-state index < -0.39 is 0 Å². The maximum atomic E-state index is 4.37. The van der Waals surface area contributed by atoms with Gasteiger partial charge in [-0.3, -0.25) is 0 Å². The summed E-state index contributed by atoms with van der Waals surface area (Å²) in [7, 11) is 0. The number of hydrogen-bond acceptors (Lipinski definition) is 2. The first kappa shape index (κ1) is 13.3. The molecule has 4 heteroatoms. The number of nitrogens with zero attached hydrogens (tertiary/aromatic N) is 3. The third-order valence-corrected chi connectivity index (χ3v) is 3.41. The summed E-state index contributed by atoms with van der Waals surface area (Å²) < 4.78 is 2.20. The van der Waals surface area contributed by atoms with E-state index in [2.05, 4.69) is 70.5 Å². The fraction of sp³-hybridized carbons (Fsp3) is 0.429. The minimum atomic E-state index is -0.0375. The molecule has 0 bridgehead atoms. The third-order valence-electron chi connectivity index (χ3n) is 2.91. The molecule has 0 aliphatic carbocycles. The summed E-state index contributed by atoms with van der Waals surface area (Å²) >= 11 is 3.48. The van der Waals surface area contributed by atoms with Crippen molar-refractivity contribution in [1.82, 2.24) is 14.8 Å². The van der Waals surface area contributed by atoms with Gasteiger partial charge in [-0.05, 0) is 33.3 Å². The van der Waals surface area contributed by atoms with Crippen LogP contribution < -0.4 is 0 Å². The van der Waals surface area contributed by atoms with Crippen LogP contribution in [0.5, 0.6) is 0 Å². The van der Waals surface area contributed by atoms with Crippen molar-refractivity contribution in [1.29, 1.82) is 0 Å². The zero-order chi connectivity index (χ0) is 13.3. The molecule has 0 spiro atoms. The number of aromatic nitrogens is 3. The summed E-state index contributed by atoms with van der Waals surface area (Å²) in [6, 6.07) is 8.28. The lowest BCUT2D eigenvalue weighted by Crippen LogP contribution is -2.25. The molecular weight excluding hydrogens is 290 g/mol. The molecule has 18 heavy (non-hydrogen) atoms. The third kappa shape index (κ3) is 2.34. The molecule has 0 radical (unpaired) electrons. The second-order valence-corrected chi connectivity index (χ2v) is 5.96. The van der Waals surface area contributed by atoms with Gasteiger partial charge in [0.25, 0.3) is 0 Å². The zero-order valence-corrected chi connectivity index (χ0v) is 12.8. The average molecular weight is 308 g/mol. The molecule has 1 heterocycles. The highest BCUT2D eigenvalue weighted by molar-refractivity contribution is 9.08. The number of rotatable bonds is 2. The highest BCUT2D eigenvalue weighted by Gasteiger charge is 2.23. The standard InChI is InChI=1S/C14H18BrN3/c1-10-7-5-6-8-11(10)13-17-16-12(9-15)18(13)14(2,3)4/h5-8H,9H2,1-4H3. The monoisotopic (exact) mass is 307 g/mol. The predicted molar refractivity (Wildman–Crippen MR) is 77.8 cm³/mol. The van der Waals surface area contributed by atoms with Gasteiger partial charge in [0.05, 0.1) is 5.33 Å². The number of benzene rings is 1. The summed E-state index contributed by atoms with van der Waals surface area (Å²) in [5.74, 6) is 1.90. The molecule has 1 aromatic heterocycles. The first-order valence-electron chi connectivity index (χ1n) is 6.02. The van der Waals surface area contributed by atoms with Crippen molar-refractivity contribution in [3.8, 4) is 11.4 Å². The molecule has 0 atom stereocenters. The molecule has 0 aliphatic rings. The summed E-state index contributed by atoms with van der Waals surface area (Å²) in [6.45, 7) is 8.61. The average Bonchev–Trinajstić information content (AvgIpc) is 2.73. The van der Waals surface area contributed by atoms with Crippen LogP contribution in [0, 0.1) is 6.92 Å². The van der Waals surface area contributed by atoms with E-state index >= 15 is 0 Å². The minimum absolute atomic E-state index is 0.0375. The van der Waals surface area contributed by atoms with Crippen molar-refractivity contribution < 1.29 is 0 Å². The van der Waals surface area contributed by atoms with Crippen LogP contribution in [0.3, 0.4) is 0 Å². The van der Waals surface area contributed by atoms with Crippen molar-refractivity contribution in [3.05, 3.63) is 35.7 Å². The summed E-state index contributed by atoms with van der Waals surface area (Å²) in [5, 5.41) is 9.36. The van der Waals surface area contributed by atoms with Crippen molar-refractivity contribution in [2.45, 2.75) is 38.6 Å². The fourth-order valence-electron chi connectivity index (χ4n) is 2.11. The van der Waals surface area contributed by atoms with E-state index in [1.807, 2.05) is 12.1 Å². The van der Waals surface area contributed by atoms with Gasteiger partial charge in [0, 0.05) is 11.1 Å². The Balaban J connectivity index is 2.66. The van der Waals surface area contributed by atoms with Gasteiger partial charge in [0.1, 0.15) is 5.82 Å². The van der Waals surface area contributed by atoms with E-state index in [0.29, 0.717) is 5.33 Å². The van der Waals surface area contributed by atoms with Crippen molar-refractivity contribution >= 4 is 15.9 Å². The van der Waals surface area contributed by atoms with Crippen molar-refractivity contribution in [3.63, 3.8) is 0 Å². The second-order valence-electron chi connectivity index (χ2n) is 5.39. The maximum Gasteiger partial charge on any atom is 0.164 e.